The fraction of sp³-hybridized carbons (Fsp3) is 0.360. The fourth-order valence-electron chi connectivity index (χ4n) is 5.30. The molecule has 0 saturated carbocycles. The van der Waals surface area contributed by atoms with Crippen molar-refractivity contribution in [1.82, 2.24) is 0 Å². The molecule has 4 aromatic carbocycles. The van der Waals surface area contributed by atoms with Gasteiger partial charge in [0.15, 0.2) is 0 Å². The van der Waals surface area contributed by atoms with Crippen LogP contribution in [0.25, 0.3) is 32.3 Å². The summed E-state index contributed by atoms with van der Waals surface area (Å²) in [5.41, 5.74) is 1.55. The predicted octanol–water partition coefficient (Wildman–Crippen LogP) is 8.08. The van der Waals surface area contributed by atoms with Gasteiger partial charge in [0.05, 0.1) is 0 Å². The number of halogens is 1. The Hall–Kier alpha value is -2.13. The van der Waals surface area contributed by atoms with Crippen molar-refractivity contribution in [2.45, 2.75) is 58.2 Å². The third-order valence-electron chi connectivity index (χ3n) is 6.45. The summed E-state index contributed by atoms with van der Waals surface area (Å²) >= 11 is 0. The Balaban J connectivity index is 1.94. The summed E-state index contributed by atoms with van der Waals surface area (Å²) in [5, 5.41) is 5.97. The molecule has 0 aromatic heterocycles. The van der Waals surface area contributed by atoms with Crippen LogP contribution in [0, 0.1) is 11.9 Å². The van der Waals surface area contributed by atoms with Crippen LogP contribution in [0.15, 0.2) is 42.5 Å². The van der Waals surface area contributed by atoms with Crippen molar-refractivity contribution in [2.75, 3.05) is 0 Å². The number of hydrogen-bond donors (Lipinski definition) is 0. The predicted molar refractivity (Wildman–Crippen MR) is 121 cm³/mol. The van der Waals surface area contributed by atoms with E-state index in [9.17, 15) is 4.39 Å². The molecule has 0 fully saturated rings. The number of rotatable bonds is 5. The second kappa shape index (κ2) is 6.73. The van der Waals surface area contributed by atoms with Crippen LogP contribution in [-0.2, 0) is 0 Å². The third-order valence-corrected chi connectivity index (χ3v) is 12.4. The van der Waals surface area contributed by atoms with Crippen molar-refractivity contribution in [1.29, 1.82) is 0 Å². The van der Waals surface area contributed by atoms with Gasteiger partial charge < -0.3 is 4.43 Å². The van der Waals surface area contributed by atoms with E-state index in [0.29, 0.717) is 22.0 Å². The largest absolute Gasteiger partial charge is 0.543 e. The maximum Gasteiger partial charge on any atom is 0.258 e. The van der Waals surface area contributed by atoms with Gasteiger partial charge in [-0.25, -0.2) is 4.39 Å². The van der Waals surface area contributed by atoms with Crippen molar-refractivity contribution in [2.24, 2.45) is 0 Å². The van der Waals surface area contributed by atoms with E-state index in [-0.39, 0.29) is 5.82 Å². The molecule has 0 atom stereocenters. The molecule has 28 heavy (non-hydrogen) atoms. The van der Waals surface area contributed by atoms with E-state index in [2.05, 4.69) is 71.9 Å². The molecule has 0 aliphatic carbocycles. The average molecular weight is 392 g/mol. The zero-order chi connectivity index (χ0) is 20.2. The van der Waals surface area contributed by atoms with Crippen LogP contribution < -0.4 is 4.43 Å². The maximum atomic E-state index is 14.3. The monoisotopic (exact) mass is 391 g/mol. The molecule has 1 nitrogen and oxygen atoms in total. The molecular formula is C25H28FOSi. The van der Waals surface area contributed by atoms with Crippen LogP contribution in [0.2, 0.25) is 16.6 Å². The highest BCUT2D eigenvalue weighted by Gasteiger charge is 2.47. The Labute approximate surface area is 168 Å². The van der Waals surface area contributed by atoms with Gasteiger partial charge in [-0.05, 0) is 56.4 Å². The summed E-state index contributed by atoms with van der Waals surface area (Å²) in [7, 11) is -2.03. The third kappa shape index (κ3) is 2.71. The van der Waals surface area contributed by atoms with Crippen molar-refractivity contribution in [3.05, 3.63) is 54.3 Å². The molecule has 145 valence electrons. The molecule has 0 heterocycles. The summed E-state index contributed by atoms with van der Waals surface area (Å²) in [6.45, 7) is 13.8. The van der Waals surface area contributed by atoms with Gasteiger partial charge in [0.1, 0.15) is 11.6 Å². The highest BCUT2D eigenvalue weighted by molar-refractivity contribution is 6.78. The molecule has 0 aliphatic rings. The van der Waals surface area contributed by atoms with Gasteiger partial charge in [0.2, 0.25) is 0 Å². The summed E-state index contributed by atoms with van der Waals surface area (Å²) in [4.78, 5) is 0. The first-order valence-electron chi connectivity index (χ1n) is 10.2. The Kier molecular flexibility index (Phi) is 4.62. The van der Waals surface area contributed by atoms with Crippen LogP contribution >= 0.6 is 0 Å². The smallest absolute Gasteiger partial charge is 0.258 e. The zero-order valence-electron chi connectivity index (χ0n) is 17.6. The van der Waals surface area contributed by atoms with E-state index in [1.54, 1.807) is 6.07 Å². The first-order valence-corrected chi connectivity index (χ1v) is 12.4. The van der Waals surface area contributed by atoms with Gasteiger partial charge in [-0.3, -0.25) is 0 Å². The molecule has 0 amide bonds. The van der Waals surface area contributed by atoms with Crippen LogP contribution in [0.3, 0.4) is 0 Å². The lowest BCUT2D eigenvalue weighted by molar-refractivity contribution is 0.481. The minimum absolute atomic E-state index is 0.284. The lowest BCUT2D eigenvalue weighted by Crippen LogP contribution is -2.50. The Morgan fingerprint density at radius 3 is 1.89 bits per heavy atom. The second-order valence-electron chi connectivity index (χ2n) is 8.91. The quantitative estimate of drug-likeness (QED) is 0.247. The Morgan fingerprint density at radius 2 is 1.32 bits per heavy atom. The highest BCUT2D eigenvalue weighted by atomic mass is 28.4. The molecule has 0 aliphatic heterocycles. The zero-order valence-corrected chi connectivity index (χ0v) is 18.6. The lowest BCUT2D eigenvalue weighted by atomic mass is 9.94. The first-order chi connectivity index (χ1) is 13.3. The minimum atomic E-state index is -2.03. The van der Waals surface area contributed by atoms with E-state index >= 15 is 0 Å². The number of benzene rings is 4. The molecule has 4 aromatic rings. The van der Waals surface area contributed by atoms with Gasteiger partial charge >= 0.3 is 0 Å². The van der Waals surface area contributed by atoms with Crippen LogP contribution in [0.1, 0.15) is 41.5 Å². The summed E-state index contributed by atoms with van der Waals surface area (Å²) in [6.07, 6.45) is 0. The van der Waals surface area contributed by atoms with Crippen molar-refractivity contribution >= 4 is 40.6 Å². The average Bonchev–Trinajstić information content (AvgIpc) is 2.64. The Bertz CT molecular complexity index is 1110. The van der Waals surface area contributed by atoms with E-state index in [1.165, 1.54) is 0 Å². The van der Waals surface area contributed by atoms with E-state index in [1.807, 2.05) is 12.1 Å². The summed E-state index contributed by atoms with van der Waals surface area (Å²) < 4.78 is 21.2. The molecule has 3 heteroatoms. The van der Waals surface area contributed by atoms with E-state index in [0.717, 1.165) is 32.7 Å². The van der Waals surface area contributed by atoms with Gasteiger partial charge in [-0.1, -0.05) is 65.8 Å². The SMILES string of the molecule is CC(C)[Si](Oc1cc2ccc3c[c]c(F)c4ccc(c1)c2c34)(C(C)C)C(C)C. The van der Waals surface area contributed by atoms with E-state index < -0.39 is 8.32 Å². The molecule has 0 bridgehead atoms. The molecule has 0 unspecified atom stereocenters. The van der Waals surface area contributed by atoms with E-state index in [4.69, 9.17) is 4.43 Å². The Morgan fingerprint density at radius 1 is 0.786 bits per heavy atom. The van der Waals surface area contributed by atoms with Gasteiger partial charge in [-0.2, -0.15) is 0 Å². The maximum absolute atomic E-state index is 14.3. The second-order valence-corrected chi connectivity index (χ2v) is 14.3. The van der Waals surface area contributed by atoms with Crippen molar-refractivity contribution < 1.29 is 8.82 Å². The summed E-state index contributed by atoms with van der Waals surface area (Å²) in [6, 6.07) is 16.8. The normalized spacial score (nSPS) is 13.1. The molecule has 0 saturated heterocycles. The minimum Gasteiger partial charge on any atom is -0.543 e. The highest BCUT2D eigenvalue weighted by Crippen LogP contribution is 2.44. The first kappa shape index (κ1) is 19.2. The summed E-state index contributed by atoms with van der Waals surface area (Å²) in [5.74, 6) is 0.661. The lowest BCUT2D eigenvalue weighted by Gasteiger charge is -2.42. The van der Waals surface area contributed by atoms with Crippen LogP contribution in [0.4, 0.5) is 4.39 Å². The standard InChI is InChI=1S/C25H28FOSi/c1-15(2)28(16(3)4,17(5)6)27-21-13-19-8-7-18-10-12-23(26)22-11-9-20(14-21)24(19)25(18)22/h7-11,13-17H,1-6H3. The molecule has 0 N–H and O–H groups in total. The molecule has 4 rings (SSSR count). The van der Waals surface area contributed by atoms with Gasteiger partial charge in [0.25, 0.3) is 8.32 Å². The molecule has 0 spiro atoms. The van der Waals surface area contributed by atoms with Crippen molar-refractivity contribution in [3.63, 3.8) is 0 Å². The number of hydrogen-bond acceptors (Lipinski definition) is 1. The van der Waals surface area contributed by atoms with Gasteiger partial charge in [0, 0.05) is 16.8 Å². The molecule has 1 radical (unpaired) electrons. The van der Waals surface area contributed by atoms with Gasteiger partial charge in [-0.15, -0.1) is 0 Å². The fourth-order valence-corrected chi connectivity index (χ4v) is 10.5. The van der Waals surface area contributed by atoms with Crippen LogP contribution in [0.5, 0.6) is 5.75 Å². The topological polar surface area (TPSA) is 9.23 Å². The van der Waals surface area contributed by atoms with Crippen LogP contribution in [-0.4, -0.2) is 8.32 Å². The van der Waals surface area contributed by atoms with Crippen molar-refractivity contribution in [3.8, 4) is 5.75 Å². The molecular weight excluding hydrogens is 363 g/mol.